The van der Waals surface area contributed by atoms with E-state index in [1.165, 1.54) is 0 Å². The van der Waals surface area contributed by atoms with Crippen molar-refractivity contribution in [3.8, 4) is 5.75 Å². The molecule has 2 aliphatic rings. The van der Waals surface area contributed by atoms with Gasteiger partial charge in [0.25, 0.3) is 5.91 Å². The van der Waals surface area contributed by atoms with Crippen LogP contribution in [-0.2, 0) is 4.79 Å². The van der Waals surface area contributed by atoms with Crippen LogP contribution in [0.5, 0.6) is 5.75 Å². The second-order valence-corrected chi connectivity index (χ2v) is 7.89. The van der Waals surface area contributed by atoms with Gasteiger partial charge in [-0.15, -0.1) is 0 Å². The van der Waals surface area contributed by atoms with Crippen molar-refractivity contribution in [1.29, 1.82) is 0 Å². The van der Waals surface area contributed by atoms with Gasteiger partial charge in [0, 0.05) is 22.7 Å². The number of anilines is 5. The van der Waals surface area contributed by atoms with Gasteiger partial charge in [-0.2, -0.15) is 10.1 Å². The molecule has 160 valence electrons. The molecule has 1 aliphatic carbocycles. The number of carbonyl (C=O) groups is 1. The Balaban J connectivity index is 1.22. The lowest BCUT2D eigenvalue weighted by molar-refractivity contribution is -0.124. The molecule has 1 fully saturated rings. The summed E-state index contributed by atoms with van der Waals surface area (Å²) in [5.74, 6) is 0.374. The number of halogens is 1. The molecule has 0 radical (unpaired) electrons. The van der Waals surface area contributed by atoms with Gasteiger partial charge in [-0.25, -0.2) is 9.37 Å². The first-order chi connectivity index (χ1) is 15.6. The molecule has 0 spiro atoms. The first-order valence-electron chi connectivity index (χ1n) is 10.2. The molecular formula is C22H18FN7O2. The molecule has 32 heavy (non-hydrogen) atoms. The quantitative estimate of drug-likeness (QED) is 0.376. The van der Waals surface area contributed by atoms with Crippen LogP contribution in [0.25, 0.3) is 10.9 Å². The number of hydrogen-bond donors (Lipinski definition) is 4. The Labute approximate surface area is 181 Å². The van der Waals surface area contributed by atoms with E-state index in [1.54, 1.807) is 24.4 Å². The molecular weight excluding hydrogens is 413 g/mol. The molecule has 6 rings (SSSR count). The number of H-pyrrole nitrogens is 1. The molecule has 1 saturated carbocycles. The van der Waals surface area contributed by atoms with Crippen molar-refractivity contribution >= 4 is 45.6 Å². The van der Waals surface area contributed by atoms with Crippen LogP contribution in [0, 0.1) is 11.7 Å². The van der Waals surface area contributed by atoms with Crippen molar-refractivity contribution in [2.24, 2.45) is 5.92 Å². The SMILES string of the molecule is O=C1Nc2cc(Nc3nc(Nc4ccc5cn[nH]c5c4)ncc3F)ccc2OC1C1CC1. The molecule has 3 heterocycles. The number of hydrogen-bond acceptors (Lipinski definition) is 7. The molecule has 1 amide bonds. The normalized spacial score (nSPS) is 17.4. The Morgan fingerprint density at radius 2 is 1.91 bits per heavy atom. The van der Waals surface area contributed by atoms with Crippen LogP contribution < -0.4 is 20.7 Å². The summed E-state index contributed by atoms with van der Waals surface area (Å²) in [6, 6.07) is 10.8. The average molecular weight is 431 g/mol. The number of rotatable bonds is 5. The number of aromatic nitrogens is 4. The van der Waals surface area contributed by atoms with Crippen LogP contribution >= 0.6 is 0 Å². The lowest BCUT2D eigenvalue weighted by Crippen LogP contribution is -2.38. The van der Waals surface area contributed by atoms with Crippen molar-refractivity contribution in [2.75, 3.05) is 16.0 Å². The minimum atomic E-state index is -0.605. The maximum atomic E-state index is 14.4. The number of nitrogens with one attached hydrogen (secondary N) is 4. The minimum Gasteiger partial charge on any atom is -0.478 e. The Kier molecular flexibility index (Phi) is 4.17. The Morgan fingerprint density at radius 3 is 2.78 bits per heavy atom. The number of carbonyl (C=O) groups excluding carboxylic acids is 1. The lowest BCUT2D eigenvalue weighted by atomic mass is 10.1. The van der Waals surface area contributed by atoms with E-state index >= 15 is 0 Å². The molecule has 0 saturated heterocycles. The molecule has 2 aromatic carbocycles. The highest BCUT2D eigenvalue weighted by molar-refractivity contribution is 5.98. The van der Waals surface area contributed by atoms with Crippen LogP contribution in [0.2, 0.25) is 0 Å². The predicted octanol–water partition coefficient (Wildman–Crippen LogP) is 4.09. The molecule has 0 bridgehead atoms. The summed E-state index contributed by atoms with van der Waals surface area (Å²) in [7, 11) is 0. The maximum Gasteiger partial charge on any atom is 0.265 e. The summed E-state index contributed by atoms with van der Waals surface area (Å²) in [4.78, 5) is 20.6. The molecule has 10 heteroatoms. The second-order valence-electron chi connectivity index (χ2n) is 7.89. The van der Waals surface area contributed by atoms with Crippen LogP contribution in [0.4, 0.5) is 33.2 Å². The molecule has 1 aliphatic heterocycles. The molecule has 9 nitrogen and oxygen atoms in total. The smallest absolute Gasteiger partial charge is 0.265 e. The molecule has 2 aromatic heterocycles. The number of nitrogens with zero attached hydrogens (tertiary/aromatic N) is 3. The summed E-state index contributed by atoms with van der Waals surface area (Å²) in [5, 5.41) is 16.8. The van der Waals surface area contributed by atoms with Crippen molar-refractivity contribution in [3.63, 3.8) is 0 Å². The van der Waals surface area contributed by atoms with E-state index in [-0.39, 0.29) is 23.6 Å². The van der Waals surface area contributed by atoms with Crippen molar-refractivity contribution in [1.82, 2.24) is 20.2 Å². The molecule has 1 unspecified atom stereocenters. The van der Waals surface area contributed by atoms with Gasteiger partial charge in [0.15, 0.2) is 17.7 Å². The van der Waals surface area contributed by atoms with Gasteiger partial charge in [-0.05, 0) is 49.2 Å². The van der Waals surface area contributed by atoms with Crippen LogP contribution in [0.3, 0.4) is 0 Å². The third kappa shape index (κ3) is 3.45. The summed E-state index contributed by atoms with van der Waals surface area (Å²) < 4.78 is 20.2. The summed E-state index contributed by atoms with van der Waals surface area (Å²) >= 11 is 0. The number of ether oxygens (including phenoxy) is 1. The van der Waals surface area contributed by atoms with E-state index in [1.807, 2.05) is 18.2 Å². The highest BCUT2D eigenvalue weighted by atomic mass is 19.1. The Hall–Kier alpha value is -4.21. The molecule has 4 aromatic rings. The van der Waals surface area contributed by atoms with Gasteiger partial charge in [0.05, 0.1) is 23.6 Å². The highest BCUT2D eigenvalue weighted by Crippen LogP contribution is 2.41. The first-order valence-corrected chi connectivity index (χ1v) is 10.2. The van der Waals surface area contributed by atoms with Crippen molar-refractivity contribution in [2.45, 2.75) is 18.9 Å². The van der Waals surface area contributed by atoms with Gasteiger partial charge in [-0.1, -0.05) is 0 Å². The largest absolute Gasteiger partial charge is 0.478 e. The maximum absolute atomic E-state index is 14.4. The highest BCUT2D eigenvalue weighted by Gasteiger charge is 2.40. The monoisotopic (exact) mass is 431 g/mol. The third-order valence-corrected chi connectivity index (χ3v) is 5.50. The zero-order chi connectivity index (χ0) is 21.7. The fraction of sp³-hybridized carbons (Fsp3) is 0.182. The summed E-state index contributed by atoms with van der Waals surface area (Å²) in [5.41, 5.74) is 2.69. The zero-order valence-electron chi connectivity index (χ0n) is 16.7. The van der Waals surface area contributed by atoms with E-state index in [0.29, 0.717) is 17.1 Å². The Morgan fingerprint density at radius 1 is 1.06 bits per heavy atom. The summed E-state index contributed by atoms with van der Waals surface area (Å²) in [6.45, 7) is 0. The molecule has 1 atom stereocenters. The minimum absolute atomic E-state index is 0.00368. The fourth-order valence-electron chi connectivity index (χ4n) is 3.71. The summed E-state index contributed by atoms with van der Waals surface area (Å²) in [6.07, 6.45) is 4.40. The van der Waals surface area contributed by atoms with Crippen LogP contribution in [-0.4, -0.2) is 32.2 Å². The van der Waals surface area contributed by atoms with Gasteiger partial charge in [-0.3, -0.25) is 9.89 Å². The third-order valence-electron chi connectivity index (χ3n) is 5.50. The topological polar surface area (TPSA) is 117 Å². The lowest BCUT2D eigenvalue weighted by Gasteiger charge is -2.26. The van der Waals surface area contributed by atoms with E-state index in [2.05, 4.69) is 36.1 Å². The predicted molar refractivity (Wildman–Crippen MR) is 117 cm³/mol. The number of fused-ring (bicyclic) bond motifs is 2. The van der Waals surface area contributed by atoms with E-state index in [0.717, 1.165) is 35.6 Å². The van der Waals surface area contributed by atoms with Gasteiger partial charge in [0.2, 0.25) is 5.95 Å². The van der Waals surface area contributed by atoms with Gasteiger partial charge < -0.3 is 20.7 Å². The van der Waals surface area contributed by atoms with Gasteiger partial charge in [0.1, 0.15) is 5.75 Å². The van der Waals surface area contributed by atoms with Crippen molar-refractivity contribution in [3.05, 3.63) is 54.6 Å². The average Bonchev–Trinajstić information content (AvgIpc) is 3.52. The molecule has 4 N–H and O–H groups in total. The number of amides is 1. The van der Waals surface area contributed by atoms with E-state index in [9.17, 15) is 9.18 Å². The first kappa shape index (κ1) is 18.6. The number of benzene rings is 2. The zero-order valence-corrected chi connectivity index (χ0v) is 16.7. The fourth-order valence-corrected chi connectivity index (χ4v) is 3.71. The van der Waals surface area contributed by atoms with Crippen LogP contribution in [0.1, 0.15) is 12.8 Å². The standard InChI is InChI=1S/C22H18FN7O2/c23-15-10-24-22(27-14-4-3-12-9-25-30-16(12)7-14)29-20(15)26-13-5-6-18-17(8-13)28-21(31)19(32-18)11-1-2-11/h3-11,19H,1-2H2,(H,25,30)(H,28,31)(H2,24,26,27,29). The van der Waals surface area contributed by atoms with Crippen molar-refractivity contribution < 1.29 is 13.9 Å². The Bertz CT molecular complexity index is 1350. The second kappa shape index (κ2) is 7.19. The van der Waals surface area contributed by atoms with E-state index in [4.69, 9.17) is 4.74 Å². The van der Waals surface area contributed by atoms with Crippen LogP contribution in [0.15, 0.2) is 48.8 Å². The number of aromatic amines is 1. The van der Waals surface area contributed by atoms with E-state index < -0.39 is 11.9 Å². The van der Waals surface area contributed by atoms with Gasteiger partial charge >= 0.3 is 0 Å².